The summed E-state index contributed by atoms with van der Waals surface area (Å²) >= 11 is 11.5. The Labute approximate surface area is 107 Å². The Hall–Kier alpha value is -0.490. The van der Waals surface area contributed by atoms with Gasteiger partial charge in [0.1, 0.15) is 0 Å². The summed E-state index contributed by atoms with van der Waals surface area (Å²) in [5.41, 5.74) is 5.95. The van der Waals surface area contributed by atoms with Crippen LogP contribution in [0.3, 0.4) is 0 Å². The van der Waals surface area contributed by atoms with Gasteiger partial charge in [0.2, 0.25) is 0 Å². The average molecular weight is 287 g/mol. The molecule has 7 heteroatoms. The third-order valence-corrected chi connectivity index (χ3v) is 2.51. The van der Waals surface area contributed by atoms with Crippen molar-refractivity contribution < 1.29 is 13.2 Å². The van der Waals surface area contributed by atoms with Gasteiger partial charge in [0, 0.05) is 22.6 Å². The van der Waals surface area contributed by atoms with Gasteiger partial charge in [0.25, 0.3) is 0 Å². The molecule has 1 aromatic rings. The van der Waals surface area contributed by atoms with E-state index in [4.69, 9.17) is 28.9 Å². The summed E-state index contributed by atoms with van der Waals surface area (Å²) < 4.78 is 36.2. The van der Waals surface area contributed by atoms with Gasteiger partial charge in [-0.25, -0.2) is 0 Å². The van der Waals surface area contributed by atoms with Crippen molar-refractivity contribution in [2.24, 2.45) is 5.73 Å². The normalized spacial score (nSPS) is 13.8. The van der Waals surface area contributed by atoms with Gasteiger partial charge in [0.15, 0.2) is 0 Å². The Morgan fingerprint density at radius 3 is 2.12 bits per heavy atom. The number of alkyl halides is 3. The first kappa shape index (κ1) is 14.6. The Morgan fingerprint density at radius 2 is 1.71 bits per heavy atom. The molecule has 3 N–H and O–H groups in total. The minimum Gasteiger partial charge on any atom is -0.329 e. The minimum atomic E-state index is -4.28. The molecule has 1 unspecified atom stereocenters. The molecular weight excluding hydrogens is 276 g/mol. The monoisotopic (exact) mass is 286 g/mol. The Morgan fingerprint density at radius 1 is 1.18 bits per heavy atom. The van der Waals surface area contributed by atoms with E-state index in [9.17, 15) is 13.2 Å². The van der Waals surface area contributed by atoms with Gasteiger partial charge in [-0.05, 0) is 23.8 Å². The summed E-state index contributed by atoms with van der Waals surface area (Å²) in [7, 11) is 0. The minimum absolute atomic E-state index is 0.0206. The van der Waals surface area contributed by atoms with Crippen LogP contribution in [0, 0.1) is 0 Å². The van der Waals surface area contributed by atoms with E-state index in [1.165, 1.54) is 18.2 Å². The van der Waals surface area contributed by atoms with Crippen LogP contribution in [0.25, 0.3) is 0 Å². The van der Waals surface area contributed by atoms with E-state index in [0.717, 1.165) is 0 Å². The van der Waals surface area contributed by atoms with E-state index in [-0.39, 0.29) is 6.54 Å². The smallest absolute Gasteiger partial charge is 0.329 e. The number of hydrogen-bond donors (Lipinski definition) is 2. The second kappa shape index (κ2) is 5.91. The summed E-state index contributed by atoms with van der Waals surface area (Å²) in [5, 5.41) is 3.03. The molecule has 0 aliphatic rings. The number of halogens is 5. The second-order valence-corrected chi connectivity index (χ2v) is 4.36. The highest BCUT2D eigenvalue weighted by Gasteiger charge is 2.28. The summed E-state index contributed by atoms with van der Waals surface area (Å²) in [5.74, 6) is 0. The van der Waals surface area contributed by atoms with Crippen molar-refractivity contribution in [1.82, 2.24) is 5.32 Å². The molecule has 96 valence electrons. The van der Waals surface area contributed by atoms with E-state index in [2.05, 4.69) is 5.32 Å². The molecule has 0 amide bonds. The van der Waals surface area contributed by atoms with Crippen molar-refractivity contribution in [2.75, 3.05) is 13.1 Å². The van der Waals surface area contributed by atoms with Crippen LogP contribution in [0.5, 0.6) is 0 Å². The fourth-order valence-corrected chi connectivity index (χ4v) is 1.90. The molecule has 0 heterocycles. The Kier molecular flexibility index (Phi) is 5.06. The third-order valence-electron chi connectivity index (χ3n) is 2.07. The van der Waals surface area contributed by atoms with Crippen molar-refractivity contribution in [3.8, 4) is 0 Å². The van der Waals surface area contributed by atoms with Crippen LogP contribution in [-0.4, -0.2) is 19.3 Å². The maximum Gasteiger partial charge on any atom is 0.401 e. The van der Waals surface area contributed by atoms with Gasteiger partial charge >= 0.3 is 6.18 Å². The van der Waals surface area contributed by atoms with E-state index in [1.54, 1.807) is 0 Å². The summed E-state index contributed by atoms with van der Waals surface area (Å²) in [6, 6.07) is 3.94. The highest BCUT2D eigenvalue weighted by molar-refractivity contribution is 6.34. The van der Waals surface area contributed by atoms with Crippen molar-refractivity contribution in [1.29, 1.82) is 0 Å². The molecule has 0 aliphatic carbocycles. The molecule has 0 spiro atoms. The van der Waals surface area contributed by atoms with Gasteiger partial charge in [0.05, 0.1) is 6.54 Å². The zero-order chi connectivity index (χ0) is 13.1. The molecule has 0 fully saturated rings. The molecule has 17 heavy (non-hydrogen) atoms. The van der Waals surface area contributed by atoms with E-state index < -0.39 is 18.8 Å². The van der Waals surface area contributed by atoms with Crippen LogP contribution >= 0.6 is 23.2 Å². The highest BCUT2D eigenvalue weighted by atomic mass is 35.5. The van der Waals surface area contributed by atoms with Gasteiger partial charge < -0.3 is 11.1 Å². The second-order valence-electron chi connectivity index (χ2n) is 3.49. The first-order chi connectivity index (χ1) is 7.81. The maximum atomic E-state index is 12.1. The molecule has 0 aromatic heterocycles. The fourth-order valence-electron chi connectivity index (χ4n) is 1.35. The number of nitrogens with one attached hydrogen (secondary N) is 1. The lowest BCUT2D eigenvalue weighted by molar-refractivity contribution is -0.126. The SMILES string of the molecule is NCC(NCC(F)(F)F)c1cc(Cl)cc(Cl)c1. The first-order valence-corrected chi connectivity index (χ1v) is 5.53. The molecule has 0 bridgehead atoms. The lowest BCUT2D eigenvalue weighted by Crippen LogP contribution is -2.35. The number of rotatable bonds is 4. The standard InChI is InChI=1S/C10H11Cl2F3N2/c11-7-1-6(2-8(12)3-7)9(4-16)17-5-10(13,14)15/h1-3,9,17H,4-5,16H2. The van der Waals surface area contributed by atoms with Gasteiger partial charge in [-0.15, -0.1) is 0 Å². The number of nitrogens with two attached hydrogens (primary N) is 1. The molecular formula is C10H11Cl2F3N2. The van der Waals surface area contributed by atoms with Crippen LogP contribution < -0.4 is 11.1 Å². The predicted octanol–water partition coefficient (Wildman–Crippen LogP) is 3.15. The zero-order valence-corrected chi connectivity index (χ0v) is 10.2. The van der Waals surface area contributed by atoms with E-state index in [1.807, 2.05) is 0 Å². The summed E-state index contributed by atoms with van der Waals surface area (Å²) in [4.78, 5) is 0. The average Bonchev–Trinajstić information content (AvgIpc) is 2.15. The lowest BCUT2D eigenvalue weighted by Gasteiger charge is -2.19. The van der Waals surface area contributed by atoms with Crippen molar-refractivity contribution >= 4 is 23.2 Å². The summed E-state index contributed by atoms with van der Waals surface area (Å²) in [6.07, 6.45) is -4.28. The van der Waals surface area contributed by atoms with Crippen LogP contribution in [-0.2, 0) is 0 Å². The van der Waals surface area contributed by atoms with E-state index in [0.29, 0.717) is 15.6 Å². The highest BCUT2D eigenvalue weighted by Crippen LogP contribution is 2.24. The summed E-state index contributed by atoms with van der Waals surface area (Å²) in [6.45, 7) is -1.09. The van der Waals surface area contributed by atoms with Crippen LogP contribution in [0.4, 0.5) is 13.2 Å². The van der Waals surface area contributed by atoms with Crippen molar-refractivity contribution in [3.05, 3.63) is 33.8 Å². The third kappa shape index (κ3) is 5.12. The van der Waals surface area contributed by atoms with Gasteiger partial charge in [-0.2, -0.15) is 13.2 Å². The number of benzene rings is 1. The van der Waals surface area contributed by atoms with Crippen LogP contribution in [0.2, 0.25) is 10.0 Å². The molecule has 1 aromatic carbocycles. The topological polar surface area (TPSA) is 38.0 Å². The van der Waals surface area contributed by atoms with Gasteiger partial charge in [-0.1, -0.05) is 23.2 Å². The molecule has 0 saturated heterocycles. The maximum absolute atomic E-state index is 12.1. The zero-order valence-electron chi connectivity index (χ0n) is 8.69. The van der Waals surface area contributed by atoms with Crippen LogP contribution in [0.15, 0.2) is 18.2 Å². The number of hydrogen-bond acceptors (Lipinski definition) is 2. The van der Waals surface area contributed by atoms with Crippen molar-refractivity contribution in [2.45, 2.75) is 12.2 Å². The van der Waals surface area contributed by atoms with Crippen LogP contribution in [0.1, 0.15) is 11.6 Å². The predicted molar refractivity (Wildman–Crippen MR) is 62.3 cm³/mol. The fraction of sp³-hybridized carbons (Fsp3) is 0.400. The Bertz CT molecular complexity index is 362. The molecule has 0 aliphatic heterocycles. The molecule has 1 atom stereocenters. The molecule has 1 rings (SSSR count). The van der Waals surface area contributed by atoms with Gasteiger partial charge in [-0.3, -0.25) is 0 Å². The van der Waals surface area contributed by atoms with Crippen molar-refractivity contribution in [3.63, 3.8) is 0 Å². The quantitative estimate of drug-likeness (QED) is 0.892. The Balaban J connectivity index is 2.79. The lowest BCUT2D eigenvalue weighted by atomic mass is 10.1. The largest absolute Gasteiger partial charge is 0.401 e. The molecule has 2 nitrogen and oxygen atoms in total. The van der Waals surface area contributed by atoms with E-state index >= 15 is 0 Å². The molecule has 0 radical (unpaired) electrons. The molecule has 0 saturated carbocycles. The first-order valence-electron chi connectivity index (χ1n) is 4.78.